The van der Waals surface area contributed by atoms with E-state index in [9.17, 15) is 27.6 Å². The topological polar surface area (TPSA) is 182 Å². The van der Waals surface area contributed by atoms with Gasteiger partial charge in [0.1, 0.15) is 35.1 Å². The molecule has 3 heterocycles. The Morgan fingerprint density at radius 3 is 2.48 bits per heavy atom. The van der Waals surface area contributed by atoms with Gasteiger partial charge in [-0.2, -0.15) is 0 Å². The summed E-state index contributed by atoms with van der Waals surface area (Å²) in [7, 11) is -3.90. The first-order chi connectivity index (χ1) is 25.5. The number of sulfonamides is 1. The first kappa shape index (κ1) is 39.3. The maximum Gasteiger partial charge on any atom is 0.408 e. The Kier molecular flexibility index (Phi) is 11.2. The predicted octanol–water partition coefficient (Wildman–Crippen LogP) is 4.37. The van der Waals surface area contributed by atoms with Crippen LogP contribution in [0, 0.1) is 17.8 Å². The summed E-state index contributed by atoms with van der Waals surface area (Å²) in [5.41, 5.74) is -2.33. The van der Waals surface area contributed by atoms with Crippen LogP contribution in [0.4, 0.5) is 4.79 Å². The Morgan fingerprint density at radius 2 is 1.80 bits per heavy atom. The van der Waals surface area contributed by atoms with E-state index in [0.717, 1.165) is 11.8 Å². The van der Waals surface area contributed by atoms with Crippen LogP contribution in [0.15, 0.2) is 42.6 Å². The lowest BCUT2D eigenvalue weighted by Gasteiger charge is -2.33. The second-order valence-corrected chi connectivity index (χ2v) is 18.2. The first-order valence-corrected chi connectivity index (χ1v) is 20.6. The number of carbonyl (C=O) groups is 4. The van der Waals surface area contributed by atoms with Gasteiger partial charge in [-0.25, -0.2) is 18.2 Å². The van der Waals surface area contributed by atoms with E-state index in [0.29, 0.717) is 49.3 Å². The van der Waals surface area contributed by atoms with Gasteiger partial charge in [-0.15, -0.1) is 0 Å². The van der Waals surface area contributed by atoms with Crippen molar-refractivity contribution >= 4 is 44.6 Å². The van der Waals surface area contributed by atoms with E-state index >= 15 is 0 Å². The third-order valence-corrected chi connectivity index (χ3v) is 12.4. The number of alkyl carbamates (subject to hydrolysis) is 1. The van der Waals surface area contributed by atoms with Crippen molar-refractivity contribution in [2.45, 2.75) is 121 Å². The van der Waals surface area contributed by atoms with E-state index in [1.807, 2.05) is 50.3 Å². The van der Waals surface area contributed by atoms with Crippen molar-refractivity contribution < 1.29 is 41.8 Å². The van der Waals surface area contributed by atoms with Crippen LogP contribution in [-0.4, -0.2) is 89.8 Å². The molecule has 2 aliphatic heterocycles. The second kappa shape index (κ2) is 15.4. The van der Waals surface area contributed by atoms with E-state index in [1.54, 1.807) is 27.0 Å². The molecule has 1 aromatic carbocycles. The van der Waals surface area contributed by atoms with Crippen molar-refractivity contribution in [1.29, 1.82) is 0 Å². The summed E-state index contributed by atoms with van der Waals surface area (Å²) in [6, 6.07) is 5.32. The Hall–Kier alpha value is -4.40. The van der Waals surface area contributed by atoms with Crippen molar-refractivity contribution in [3.8, 4) is 11.6 Å². The number of ether oxygens (including phenoxy) is 3. The number of aromatic nitrogens is 1. The summed E-state index contributed by atoms with van der Waals surface area (Å²) in [6.45, 7) is 11.5. The summed E-state index contributed by atoms with van der Waals surface area (Å²) >= 11 is 0. The van der Waals surface area contributed by atoms with Gasteiger partial charge < -0.3 is 29.7 Å². The molecule has 6 rings (SSSR count). The average molecular weight is 768 g/mol. The van der Waals surface area contributed by atoms with Gasteiger partial charge in [0.15, 0.2) is 0 Å². The zero-order valence-electron chi connectivity index (χ0n) is 31.9. The van der Waals surface area contributed by atoms with Crippen LogP contribution in [0.25, 0.3) is 10.8 Å². The molecule has 0 spiro atoms. The maximum absolute atomic E-state index is 14.7. The Balaban J connectivity index is 1.35. The van der Waals surface area contributed by atoms with Crippen molar-refractivity contribution in [2.24, 2.45) is 17.8 Å². The van der Waals surface area contributed by atoms with Crippen LogP contribution in [0.2, 0.25) is 0 Å². The van der Waals surface area contributed by atoms with Gasteiger partial charge in [0.25, 0.3) is 5.91 Å². The molecule has 2 saturated carbocycles. The van der Waals surface area contributed by atoms with E-state index in [4.69, 9.17) is 14.2 Å². The lowest BCUT2D eigenvalue weighted by atomic mass is 9.88. The monoisotopic (exact) mass is 767 g/mol. The molecule has 54 heavy (non-hydrogen) atoms. The number of fused-ring (bicyclic) bond motifs is 3. The fourth-order valence-corrected chi connectivity index (χ4v) is 8.96. The molecule has 0 unspecified atom stereocenters. The van der Waals surface area contributed by atoms with Crippen molar-refractivity contribution in [2.75, 3.05) is 13.2 Å². The normalized spacial score (nSPS) is 29.8. The molecule has 0 radical (unpaired) electrons. The van der Waals surface area contributed by atoms with Crippen molar-refractivity contribution in [1.82, 2.24) is 25.2 Å². The molecule has 15 heteroatoms. The number of hydrogen-bond acceptors (Lipinski definition) is 10. The van der Waals surface area contributed by atoms with Crippen LogP contribution in [0.3, 0.4) is 0 Å². The van der Waals surface area contributed by atoms with E-state index in [1.165, 1.54) is 4.90 Å². The lowest BCUT2D eigenvalue weighted by molar-refractivity contribution is -0.142. The van der Waals surface area contributed by atoms with Crippen molar-refractivity contribution in [3.05, 3.63) is 42.6 Å². The minimum atomic E-state index is -3.90. The van der Waals surface area contributed by atoms with Gasteiger partial charge in [-0.05, 0) is 84.1 Å². The SMILES string of the molecule is CCOc1cnc(O[C@@H]2C[C@H]3C(=O)N[C@]4(C(=O)NS(=O)(=O)C5CC5)C[C@H]4/C=C\CC[C@H](C)C[C@@H](C)[C@H](NC(=O)OC(C)(C)C)C(=O)N3C2)c2ccccc12. The van der Waals surface area contributed by atoms with Crippen LogP contribution in [0.5, 0.6) is 11.6 Å². The summed E-state index contributed by atoms with van der Waals surface area (Å²) in [5.74, 6) is -1.64. The number of carbonyl (C=O) groups excluding carboxylic acids is 4. The van der Waals surface area contributed by atoms with Crippen LogP contribution in [-0.2, 0) is 29.1 Å². The number of pyridine rings is 1. The Labute approximate surface area is 317 Å². The Bertz CT molecular complexity index is 1910. The molecule has 1 saturated heterocycles. The first-order valence-electron chi connectivity index (χ1n) is 19.0. The zero-order valence-corrected chi connectivity index (χ0v) is 32.7. The molecule has 4 amide bonds. The molecule has 3 fully saturated rings. The van der Waals surface area contributed by atoms with Gasteiger partial charge in [-0.3, -0.25) is 19.1 Å². The van der Waals surface area contributed by atoms with Crippen LogP contribution < -0.4 is 24.8 Å². The highest BCUT2D eigenvalue weighted by molar-refractivity contribution is 7.91. The minimum Gasteiger partial charge on any atom is -0.492 e. The molecular weight excluding hydrogens is 715 g/mol. The number of allylic oxidation sites excluding steroid dienone is 1. The number of benzene rings is 1. The number of rotatable bonds is 8. The highest BCUT2D eigenvalue weighted by atomic mass is 32.2. The van der Waals surface area contributed by atoms with Crippen molar-refractivity contribution in [3.63, 3.8) is 0 Å². The highest BCUT2D eigenvalue weighted by Crippen LogP contribution is 2.46. The molecule has 3 N–H and O–H groups in total. The smallest absolute Gasteiger partial charge is 0.408 e. The van der Waals surface area contributed by atoms with Gasteiger partial charge in [0.05, 0.1) is 24.6 Å². The fraction of sp³-hybridized carbons (Fsp3) is 0.615. The molecule has 4 aliphatic rings. The molecular formula is C39H53N5O9S. The number of hydrogen-bond donors (Lipinski definition) is 3. The minimum absolute atomic E-state index is 0.0203. The van der Waals surface area contributed by atoms with E-state index in [2.05, 4.69) is 27.3 Å². The second-order valence-electron chi connectivity index (χ2n) is 16.3. The summed E-state index contributed by atoms with van der Waals surface area (Å²) < 4.78 is 45.8. The highest BCUT2D eigenvalue weighted by Gasteiger charge is 2.62. The molecule has 14 nitrogen and oxygen atoms in total. The van der Waals surface area contributed by atoms with Gasteiger partial charge in [-0.1, -0.05) is 44.2 Å². The number of amides is 4. The lowest BCUT2D eigenvalue weighted by Crippen LogP contribution is -2.59. The van der Waals surface area contributed by atoms with Gasteiger partial charge >= 0.3 is 6.09 Å². The molecule has 2 aromatic rings. The maximum atomic E-state index is 14.7. The van der Waals surface area contributed by atoms with E-state index < -0.39 is 74.3 Å². The Morgan fingerprint density at radius 1 is 1.07 bits per heavy atom. The van der Waals surface area contributed by atoms with Gasteiger partial charge in [0, 0.05) is 23.1 Å². The quantitative estimate of drug-likeness (QED) is 0.327. The fourth-order valence-electron chi connectivity index (χ4n) is 7.60. The molecule has 294 valence electrons. The average Bonchev–Trinajstić information content (AvgIpc) is 4.02. The number of nitrogens with one attached hydrogen (secondary N) is 3. The standard InChI is InChI=1S/C39H53N5O9S/c1-7-51-31-21-40-34(29-15-11-10-14-28(29)31)52-26-19-30-33(45)42-39(36(47)43-54(49,50)27-16-17-27)20-25(39)13-9-8-12-23(2)18-24(3)32(35(46)44(30)22-26)41-37(48)53-38(4,5)6/h9-11,13-15,21,23-27,30,32H,7-8,12,16-20,22H2,1-6H3,(H,41,48)(H,42,45)(H,43,47)/b13-9-/t23-,24+,25+,26+,30-,32-,39+/m0/s1. The van der Waals surface area contributed by atoms with Crippen LogP contribution in [0.1, 0.15) is 86.5 Å². The molecule has 0 bridgehead atoms. The van der Waals surface area contributed by atoms with Crippen LogP contribution >= 0.6 is 0 Å². The molecule has 7 atom stereocenters. The van der Waals surface area contributed by atoms with E-state index in [-0.39, 0.29) is 31.2 Å². The third-order valence-electron chi connectivity index (χ3n) is 10.6. The number of nitrogens with zero attached hydrogens (tertiary/aromatic N) is 2. The predicted molar refractivity (Wildman–Crippen MR) is 201 cm³/mol. The zero-order chi connectivity index (χ0) is 39.0. The summed E-state index contributed by atoms with van der Waals surface area (Å²) in [6.07, 6.45) is 7.20. The summed E-state index contributed by atoms with van der Waals surface area (Å²) in [5, 5.41) is 6.55. The molecule has 1 aromatic heterocycles. The largest absolute Gasteiger partial charge is 0.492 e. The molecule has 2 aliphatic carbocycles. The summed E-state index contributed by atoms with van der Waals surface area (Å²) in [4.78, 5) is 62.1. The van der Waals surface area contributed by atoms with Gasteiger partial charge in [0.2, 0.25) is 27.7 Å². The third kappa shape index (κ3) is 8.76.